The Kier molecular flexibility index (Phi) is 3.46. The molecule has 0 atom stereocenters. The molecule has 118 valence electrons. The van der Waals surface area contributed by atoms with Crippen molar-refractivity contribution in [2.24, 2.45) is 0 Å². The second-order valence-electron chi connectivity index (χ2n) is 4.80. The van der Waals surface area contributed by atoms with E-state index < -0.39 is 25.1 Å². The number of hydrogen-bond acceptors (Lipinski definition) is 7. The van der Waals surface area contributed by atoms with E-state index in [9.17, 15) is 16.8 Å². The summed E-state index contributed by atoms with van der Waals surface area (Å²) in [6.07, 6.45) is 0.951. The second-order valence-corrected chi connectivity index (χ2v) is 8.24. The van der Waals surface area contributed by atoms with Crippen molar-refractivity contribution >= 4 is 20.0 Å². The molecule has 2 heterocycles. The SMILES string of the molecule is CS(=O)(=O)c1nc2c(n1OS(=O)(=O)c1ccccc1)CNC2. The Morgan fingerprint density at radius 2 is 1.82 bits per heavy atom. The van der Waals surface area contributed by atoms with E-state index in [-0.39, 0.29) is 11.4 Å². The van der Waals surface area contributed by atoms with Gasteiger partial charge in [0.05, 0.1) is 11.4 Å². The highest BCUT2D eigenvalue weighted by Gasteiger charge is 2.30. The average molecular weight is 343 g/mol. The van der Waals surface area contributed by atoms with E-state index in [2.05, 4.69) is 10.3 Å². The molecule has 0 fully saturated rings. The summed E-state index contributed by atoms with van der Waals surface area (Å²) in [6, 6.07) is 7.50. The maximum absolute atomic E-state index is 12.3. The third kappa shape index (κ3) is 2.60. The summed E-state index contributed by atoms with van der Waals surface area (Å²) >= 11 is 0. The van der Waals surface area contributed by atoms with Gasteiger partial charge in [0.1, 0.15) is 4.90 Å². The Balaban J connectivity index is 2.10. The van der Waals surface area contributed by atoms with Gasteiger partial charge >= 0.3 is 10.1 Å². The zero-order chi connectivity index (χ0) is 16.0. The Morgan fingerprint density at radius 1 is 1.14 bits per heavy atom. The van der Waals surface area contributed by atoms with E-state index in [1.54, 1.807) is 18.2 Å². The van der Waals surface area contributed by atoms with Crippen LogP contribution in [0.1, 0.15) is 11.4 Å². The molecule has 2 aromatic rings. The number of hydrogen-bond donors (Lipinski definition) is 1. The fourth-order valence-electron chi connectivity index (χ4n) is 2.11. The molecule has 0 unspecified atom stereocenters. The first-order chi connectivity index (χ1) is 10.3. The van der Waals surface area contributed by atoms with Crippen molar-refractivity contribution in [1.29, 1.82) is 0 Å². The Labute approximate surface area is 127 Å². The van der Waals surface area contributed by atoms with Gasteiger partial charge in [0, 0.05) is 19.3 Å². The van der Waals surface area contributed by atoms with Crippen LogP contribution in [0.15, 0.2) is 40.4 Å². The molecule has 3 rings (SSSR count). The van der Waals surface area contributed by atoms with E-state index in [0.717, 1.165) is 11.0 Å². The summed E-state index contributed by atoms with van der Waals surface area (Å²) in [5.74, 6) is 0. The lowest BCUT2D eigenvalue weighted by Gasteiger charge is -2.11. The Hall–Kier alpha value is -1.91. The molecule has 0 saturated carbocycles. The van der Waals surface area contributed by atoms with Crippen LogP contribution in [-0.2, 0) is 33.0 Å². The molecule has 0 radical (unpaired) electrons. The number of nitrogens with zero attached hydrogens (tertiary/aromatic N) is 2. The van der Waals surface area contributed by atoms with Gasteiger partial charge in [-0.25, -0.2) is 13.4 Å². The van der Waals surface area contributed by atoms with E-state index in [1.165, 1.54) is 12.1 Å². The van der Waals surface area contributed by atoms with Crippen LogP contribution in [0.2, 0.25) is 0 Å². The van der Waals surface area contributed by atoms with Crippen molar-refractivity contribution in [1.82, 2.24) is 15.0 Å². The summed E-state index contributed by atoms with van der Waals surface area (Å²) in [4.78, 5) is 3.90. The minimum Gasteiger partial charge on any atom is -0.305 e. The Bertz CT molecular complexity index is 917. The van der Waals surface area contributed by atoms with Gasteiger partial charge in [-0.2, -0.15) is 8.42 Å². The predicted molar refractivity (Wildman–Crippen MR) is 76.1 cm³/mol. The number of sulfone groups is 1. The number of nitrogens with one attached hydrogen (secondary N) is 1. The summed E-state index contributed by atoms with van der Waals surface area (Å²) in [6.45, 7) is 0.641. The molecule has 1 aromatic carbocycles. The van der Waals surface area contributed by atoms with E-state index in [4.69, 9.17) is 4.28 Å². The van der Waals surface area contributed by atoms with E-state index in [1.807, 2.05) is 0 Å². The van der Waals surface area contributed by atoms with Crippen molar-refractivity contribution in [3.63, 3.8) is 0 Å². The van der Waals surface area contributed by atoms with Crippen LogP contribution in [0.4, 0.5) is 0 Å². The molecule has 1 N–H and O–H groups in total. The molecule has 1 aliphatic heterocycles. The zero-order valence-corrected chi connectivity index (χ0v) is 13.2. The van der Waals surface area contributed by atoms with Gasteiger partial charge in [-0.05, 0) is 12.1 Å². The van der Waals surface area contributed by atoms with Crippen molar-refractivity contribution < 1.29 is 21.1 Å². The number of rotatable bonds is 4. The van der Waals surface area contributed by atoms with Gasteiger partial charge in [-0.3, -0.25) is 4.28 Å². The smallest absolute Gasteiger partial charge is 0.305 e. The topological polar surface area (TPSA) is 107 Å². The van der Waals surface area contributed by atoms with Crippen molar-refractivity contribution in [2.45, 2.75) is 23.1 Å². The minimum atomic E-state index is -4.16. The summed E-state index contributed by atoms with van der Waals surface area (Å²) in [7, 11) is -7.89. The van der Waals surface area contributed by atoms with Crippen LogP contribution in [0.5, 0.6) is 0 Å². The summed E-state index contributed by atoms with van der Waals surface area (Å²) < 4.78 is 54.0. The molecule has 0 spiro atoms. The molecular formula is C12H13N3O5S2. The van der Waals surface area contributed by atoms with Crippen LogP contribution in [0.25, 0.3) is 0 Å². The average Bonchev–Trinajstić information content (AvgIpc) is 3.02. The van der Waals surface area contributed by atoms with Crippen LogP contribution >= 0.6 is 0 Å². The number of imidazole rings is 1. The van der Waals surface area contributed by atoms with Crippen molar-refractivity contribution in [3.05, 3.63) is 41.7 Å². The third-order valence-corrected chi connectivity index (χ3v) is 5.22. The predicted octanol–water partition coefficient (Wildman–Crippen LogP) is -0.293. The first-order valence-corrected chi connectivity index (χ1v) is 9.60. The molecular weight excluding hydrogens is 330 g/mol. The van der Waals surface area contributed by atoms with Crippen molar-refractivity contribution in [2.75, 3.05) is 6.26 Å². The standard InChI is InChI=1S/C12H13N3O5S2/c1-21(16,17)12-14-10-7-13-8-11(10)15(12)20-22(18,19)9-5-3-2-4-6-9/h2-6,13H,7-8H2,1H3. The molecule has 22 heavy (non-hydrogen) atoms. The summed E-state index contributed by atoms with van der Waals surface area (Å²) in [5.41, 5.74) is 0.851. The molecule has 0 saturated heterocycles. The molecule has 1 aliphatic rings. The number of aromatic nitrogens is 2. The molecule has 8 nitrogen and oxygen atoms in total. The van der Waals surface area contributed by atoms with Gasteiger partial charge in [-0.15, -0.1) is 4.73 Å². The lowest BCUT2D eigenvalue weighted by molar-refractivity contribution is 0.238. The maximum Gasteiger partial charge on any atom is 0.357 e. The number of fused-ring (bicyclic) bond motifs is 1. The normalized spacial score (nSPS) is 14.8. The van der Waals surface area contributed by atoms with Gasteiger partial charge < -0.3 is 5.32 Å². The second kappa shape index (κ2) is 5.07. The molecule has 10 heteroatoms. The van der Waals surface area contributed by atoms with Gasteiger partial charge in [0.25, 0.3) is 5.16 Å². The van der Waals surface area contributed by atoms with Crippen LogP contribution in [-0.4, -0.2) is 32.8 Å². The quantitative estimate of drug-likeness (QED) is 0.812. The highest BCUT2D eigenvalue weighted by Crippen LogP contribution is 2.21. The fraction of sp³-hybridized carbons (Fsp3) is 0.250. The molecule has 0 aliphatic carbocycles. The van der Waals surface area contributed by atoms with Crippen LogP contribution in [0.3, 0.4) is 0 Å². The minimum absolute atomic E-state index is 0.0668. The van der Waals surface area contributed by atoms with Gasteiger partial charge in [0.15, 0.2) is 0 Å². The Morgan fingerprint density at radius 3 is 2.45 bits per heavy atom. The molecule has 0 amide bonds. The van der Waals surface area contributed by atoms with E-state index >= 15 is 0 Å². The first kappa shape index (κ1) is 15.0. The molecule has 0 bridgehead atoms. The lowest BCUT2D eigenvalue weighted by atomic mass is 10.4. The summed E-state index contributed by atoms with van der Waals surface area (Å²) in [5, 5.41) is 2.54. The fourth-order valence-corrected chi connectivity index (χ4v) is 3.82. The first-order valence-electron chi connectivity index (χ1n) is 6.30. The third-order valence-electron chi connectivity index (χ3n) is 3.10. The maximum atomic E-state index is 12.3. The monoisotopic (exact) mass is 343 g/mol. The largest absolute Gasteiger partial charge is 0.357 e. The lowest BCUT2D eigenvalue weighted by Crippen LogP contribution is -2.26. The zero-order valence-electron chi connectivity index (χ0n) is 11.6. The van der Waals surface area contributed by atoms with Crippen molar-refractivity contribution in [3.8, 4) is 0 Å². The highest BCUT2D eigenvalue weighted by molar-refractivity contribution is 7.90. The number of benzene rings is 1. The van der Waals surface area contributed by atoms with Gasteiger partial charge in [-0.1, -0.05) is 18.2 Å². The highest BCUT2D eigenvalue weighted by atomic mass is 32.2. The van der Waals surface area contributed by atoms with Crippen LogP contribution < -0.4 is 9.60 Å². The van der Waals surface area contributed by atoms with Gasteiger partial charge in [0.2, 0.25) is 9.84 Å². The van der Waals surface area contributed by atoms with E-state index in [0.29, 0.717) is 17.9 Å². The molecule has 1 aromatic heterocycles. The van der Waals surface area contributed by atoms with Crippen LogP contribution in [0, 0.1) is 0 Å².